The van der Waals surface area contributed by atoms with Gasteiger partial charge in [-0.15, -0.1) is 0 Å². The molecule has 0 atom stereocenters. The Morgan fingerprint density at radius 1 is 1.12 bits per heavy atom. The molecule has 0 saturated carbocycles. The highest BCUT2D eigenvalue weighted by atomic mass is 19.1. The van der Waals surface area contributed by atoms with Gasteiger partial charge in [-0.25, -0.2) is 4.39 Å². The number of carbonyl (C=O) groups is 1. The lowest BCUT2D eigenvalue weighted by atomic mass is 10.2. The van der Waals surface area contributed by atoms with E-state index in [1.54, 1.807) is 30.3 Å². The second-order valence-corrected chi connectivity index (χ2v) is 6.48. The monoisotopic (exact) mass is 350 g/mol. The van der Waals surface area contributed by atoms with Gasteiger partial charge in [0.05, 0.1) is 22.7 Å². The van der Waals surface area contributed by atoms with Crippen molar-refractivity contribution in [2.45, 2.75) is 13.1 Å². The maximum atomic E-state index is 13.0. The molecule has 4 aromatic rings. The summed E-state index contributed by atoms with van der Waals surface area (Å²) in [5, 5.41) is 5.41. The van der Waals surface area contributed by atoms with Crippen molar-refractivity contribution in [3.8, 4) is 0 Å². The Morgan fingerprint density at radius 3 is 2.62 bits per heavy atom. The summed E-state index contributed by atoms with van der Waals surface area (Å²) >= 11 is 0. The van der Waals surface area contributed by atoms with Crippen LogP contribution in [0.4, 0.5) is 4.39 Å². The predicted octanol–water partition coefficient (Wildman–Crippen LogP) is 3.33. The van der Waals surface area contributed by atoms with Crippen LogP contribution in [-0.4, -0.2) is 32.2 Å². The summed E-state index contributed by atoms with van der Waals surface area (Å²) in [6.45, 7) is 0.669. The van der Waals surface area contributed by atoms with Gasteiger partial charge in [0.15, 0.2) is 0 Å². The van der Waals surface area contributed by atoms with Crippen LogP contribution in [0.1, 0.15) is 5.56 Å². The van der Waals surface area contributed by atoms with E-state index in [-0.39, 0.29) is 18.3 Å². The molecule has 26 heavy (non-hydrogen) atoms. The third-order valence-electron chi connectivity index (χ3n) is 4.71. The summed E-state index contributed by atoms with van der Waals surface area (Å²) in [5.74, 6) is -0.290. The normalized spacial score (nSPS) is 11.3. The van der Waals surface area contributed by atoms with Gasteiger partial charge in [-0.3, -0.25) is 9.48 Å². The summed E-state index contributed by atoms with van der Waals surface area (Å²) in [5.41, 5.74) is 3.87. The Labute approximate surface area is 150 Å². The maximum Gasteiger partial charge on any atom is 0.242 e. The van der Waals surface area contributed by atoms with Crippen molar-refractivity contribution >= 4 is 27.8 Å². The number of aromatic nitrogens is 3. The number of halogens is 1. The van der Waals surface area contributed by atoms with Gasteiger partial charge in [-0.05, 0) is 23.8 Å². The minimum Gasteiger partial charge on any atom is -0.340 e. The fraction of sp³-hybridized carbons (Fsp3) is 0.200. The Hall–Kier alpha value is -3.15. The molecule has 0 spiro atoms. The second kappa shape index (κ2) is 6.29. The Balaban J connectivity index is 1.63. The van der Waals surface area contributed by atoms with Crippen molar-refractivity contribution < 1.29 is 9.18 Å². The number of amides is 1. The van der Waals surface area contributed by atoms with Crippen molar-refractivity contribution in [2.24, 2.45) is 7.05 Å². The zero-order chi connectivity index (χ0) is 18.3. The molecule has 2 aromatic carbocycles. The number of hydrogen-bond acceptors (Lipinski definition) is 2. The molecule has 0 aliphatic heterocycles. The van der Waals surface area contributed by atoms with Crippen molar-refractivity contribution in [3.63, 3.8) is 0 Å². The standard InChI is InChI=1S/C20H19FN4O/c1-23(12-14-7-9-15(21)10-8-14)19(26)13-25-17-6-4-3-5-16(17)20-18(25)11-22-24(20)2/h3-11H,12-13H2,1-2H3. The van der Waals surface area contributed by atoms with Crippen LogP contribution in [0.2, 0.25) is 0 Å². The lowest BCUT2D eigenvalue weighted by molar-refractivity contribution is -0.130. The van der Waals surface area contributed by atoms with Gasteiger partial charge >= 0.3 is 0 Å². The highest BCUT2D eigenvalue weighted by Crippen LogP contribution is 2.28. The summed E-state index contributed by atoms with van der Waals surface area (Å²) in [7, 11) is 3.67. The molecule has 0 radical (unpaired) electrons. The zero-order valence-corrected chi connectivity index (χ0v) is 14.7. The average molecular weight is 350 g/mol. The largest absolute Gasteiger partial charge is 0.340 e. The number of rotatable bonds is 4. The van der Waals surface area contributed by atoms with Crippen LogP contribution in [0.3, 0.4) is 0 Å². The minimum absolute atomic E-state index is 0.0131. The van der Waals surface area contributed by atoms with E-state index in [2.05, 4.69) is 5.10 Å². The molecule has 0 bridgehead atoms. The lowest BCUT2D eigenvalue weighted by Crippen LogP contribution is -2.29. The fourth-order valence-corrected chi connectivity index (χ4v) is 3.35. The number of para-hydroxylation sites is 1. The third kappa shape index (κ3) is 2.73. The number of likely N-dealkylation sites (N-methyl/N-ethyl adjacent to an activating group) is 1. The van der Waals surface area contributed by atoms with E-state index in [9.17, 15) is 9.18 Å². The molecule has 0 aliphatic carbocycles. The van der Waals surface area contributed by atoms with Gasteiger partial charge in [-0.1, -0.05) is 30.3 Å². The summed E-state index contributed by atoms with van der Waals surface area (Å²) in [6, 6.07) is 14.2. The van der Waals surface area contributed by atoms with E-state index < -0.39 is 0 Å². The van der Waals surface area contributed by atoms with Crippen LogP contribution in [0, 0.1) is 5.82 Å². The first-order valence-electron chi connectivity index (χ1n) is 8.42. The molecule has 2 aromatic heterocycles. The molecule has 1 amide bonds. The smallest absolute Gasteiger partial charge is 0.242 e. The van der Waals surface area contributed by atoms with Gasteiger partial charge in [0, 0.05) is 26.0 Å². The van der Waals surface area contributed by atoms with Gasteiger partial charge in [0.25, 0.3) is 0 Å². The van der Waals surface area contributed by atoms with Crippen LogP contribution in [0.25, 0.3) is 21.9 Å². The van der Waals surface area contributed by atoms with Gasteiger partial charge in [0.2, 0.25) is 5.91 Å². The summed E-state index contributed by atoms with van der Waals surface area (Å²) in [4.78, 5) is 14.4. The van der Waals surface area contributed by atoms with Crippen LogP contribution in [-0.2, 0) is 24.9 Å². The maximum absolute atomic E-state index is 13.0. The van der Waals surface area contributed by atoms with Crippen LogP contribution >= 0.6 is 0 Å². The first-order valence-corrected chi connectivity index (χ1v) is 8.42. The number of carbonyl (C=O) groups excluding carboxylic acids is 1. The molecule has 4 rings (SSSR count). The van der Waals surface area contributed by atoms with Crippen molar-refractivity contribution in [1.82, 2.24) is 19.2 Å². The highest BCUT2D eigenvalue weighted by molar-refractivity contribution is 6.06. The number of nitrogens with zero attached hydrogens (tertiary/aromatic N) is 4. The molecule has 6 heteroatoms. The minimum atomic E-state index is -0.277. The molecule has 0 aliphatic rings. The lowest BCUT2D eigenvalue weighted by Gasteiger charge is -2.18. The average Bonchev–Trinajstić information content (AvgIpc) is 3.16. The summed E-state index contributed by atoms with van der Waals surface area (Å²) < 4.78 is 16.9. The van der Waals surface area contributed by atoms with Crippen molar-refractivity contribution in [3.05, 3.63) is 66.1 Å². The molecule has 132 valence electrons. The number of hydrogen-bond donors (Lipinski definition) is 0. The molecule has 0 N–H and O–H groups in total. The Kier molecular flexibility index (Phi) is 3.95. The molecule has 0 saturated heterocycles. The molecule has 0 fully saturated rings. The van der Waals surface area contributed by atoms with E-state index >= 15 is 0 Å². The van der Waals surface area contributed by atoms with Gasteiger partial charge in [-0.2, -0.15) is 5.10 Å². The van der Waals surface area contributed by atoms with E-state index in [1.807, 2.05) is 40.6 Å². The first kappa shape index (κ1) is 16.3. The number of benzene rings is 2. The topological polar surface area (TPSA) is 43.1 Å². The van der Waals surface area contributed by atoms with Crippen molar-refractivity contribution in [2.75, 3.05) is 7.05 Å². The predicted molar refractivity (Wildman–Crippen MR) is 99.1 cm³/mol. The Morgan fingerprint density at radius 2 is 1.85 bits per heavy atom. The van der Waals surface area contributed by atoms with Crippen LogP contribution in [0.5, 0.6) is 0 Å². The molecule has 2 heterocycles. The van der Waals surface area contributed by atoms with Gasteiger partial charge < -0.3 is 9.47 Å². The third-order valence-corrected chi connectivity index (χ3v) is 4.71. The second-order valence-electron chi connectivity index (χ2n) is 6.48. The Bertz CT molecular complexity index is 1090. The SMILES string of the molecule is CN(Cc1ccc(F)cc1)C(=O)Cn1c2ccccc2c2c1cnn2C. The zero-order valence-electron chi connectivity index (χ0n) is 14.7. The van der Waals surface area contributed by atoms with Crippen LogP contribution in [0.15, 0.2) is 54.7 Å². The fourth-order valence-electron chi connectivity index (χ4n) is 3.35. The highest BCUT2D eigenvalue weighted by Gasteiger charge is 2.18. The molecular formula is C20H19FN4O. The van der Waals surface area contributed by atoms with Crippen LogP contribution < -0.4 is 0 Å². The van der Waals surface area contributed by atoms with E-state index in [4.69, 9.17) is 0 Å². The van der Waals surface area contributed by atoms with E-state index in [1.165, 1.54) is 12.1 Å². The number of aryl methyl sites for hydroxylation is 1. The molecule has 0 unspecified atom stereocenters. The van der Waals surface area contributed by atoms with Crippen molar-refractivity contribution in [1.29, 1.82) is 0 Å². The van der Waals surface area contributed by atoms with Gasteiger partial charge in [0.1, 0.15) is 12.4 Å². The molecular weight excluding hydrogens is 331 g/mol. The molecule has 5 nitrogen and oxygen atoms in total. The van der Waals surface area contributed by atoms with E-state index in [0.717, 1.165) is 27.5 Å². The van der Waals surface area contributed by atoms with E-state index in [0.29, 0.717) is 6.54 Å². The summed E-state index contributed by atoms with van der Waals surface area (Å²) in [6.07, 6.45) is 1.79. The number of fused-ring (bicyclic) bond motifs is 3. The first-order chi connectivity index (χ1) is 12.5. The quantitative estimate of drug-likeness (QED) is 0.567.